The second-order valence-electron chi connectivity index (χ2n) is 5.99. The van der Waals surface area contributed by atoms with Crippen molar-refractivity contribution in [1.29, 1.82) is 0 Å². The minimum Gasteiger partial charge on any atom is -0.382 e. The molecule has 1 aromatic heterocycles. The molecule has 7 nitrogen and oxygen atoms in total. The number of benzene rings is 1. The molecule has 0 radical (unpaired) electrons. The first kappa shape index (κ1) is 24.8. The van der Waals surface area contributed by atoms with Crippen molar-refractivity contribution in [3.05, 3.63) is 46.5 Å². The van der Waals surface area contributed by atoms with E-state index >= 15 is 0 Å². The molecule has 0 aliphatic rings. The summed E-state index contributed by atoms with van der Waals surface area (Å²) in [5, 5.41) is 14.9. The first-order valence-electron chi connectivity index (χ1n) is 9.44. The van der Waals surface area contributed by atoms with Crippen molar-refractivity contribution in [2.24, 2.45) is 4.99 Å². The average Bonchev–Trinajstić information content (AvgIpc) is 3.14. The molecule has 2 aromatic rings. The number of aromatic nitrogens is 3. The van der Waals surface area contributed by atoms with Crippen LogP contribution in [0.15, 0.2) is 40.1 Å². The first-order chi connectivity index (χ1) is 13.2. The second kappa shape index (κ2) is 14.7. The fourth-order valence-electron chi connectivity index (χ4n) is 2.49. The third kappa shape index (κ3) is 9.33. The lowest BCUT2D eigenvalue weighted by Gasteiger charge is -2.13. The molecule has 1 heterocycles. The molecule has 0 aliphatic heterocycles. The van der Waals surface area contributed by atoms with Crippen LogP contribution in [0.3, 0.4) is 0 Å². The van der Waals surface area contributed by atoms with Gasteiger partial charge in [0.25, 0.3) is 0 Å². The maximum absolute atomic E-state index is 5.39. The van der Waals surface area contributed by atoms with Gasteiger partial charge in [0, 0.05) is 43.7 Å². The van der Waals surface area contributed by atoms with Crippen LogP contribution >= 0.6 is 39.9 Å². The number of hydrogen-bond donors (Lipinski definition) is 2. The highest BCUT2D eigenvalue weighted by molar-refractivity contribution is 14.0. The highest BCUT2D eigenvalue weighted by Crippen LogP contribution is 2.11. The van der Waals surface area contributed by atoms with E-state index in [0.717, 1.165) is 61.9 Å². The van der Waals surface area contributed by atoms with Crippen molar-refractivity contribution < 1.29 is 4.74 Å². The number of nitrogens with zero attached hydrogens (tertiary/aromatic N) is 4. The fourth-order valence-corrected chi connectivity index (χ4v) is 2.76. The third-order valence-corrected chi connectivity index (χ3v) is 4.48. The van der Waals surface area contributed by atoms with Crippen LogP contribution in [0.25, 0.3) is 0 Å². The SMILES string of the molecule is CCOCCCNC(=NCc1ccc(Br)cc1)NCCn1cnnc1CC.I. The van der Waals surface area contributed by atoms with Crippen molar-refractivity contribution in [3.63, 3.8) is 0 Å². The minimum atomic E-state index is 0. The summed E-state index contributed by atoms with van der Waals surface area (Å²) in [6, 6.07) is 8.22. The summed E-state index contributed by atoms with van der Waals surface area (Å²) in [6.07, 6.45) is 3.59. The lowest BCUT2D eigenvalue weighted by atomic mass is 10.2. The Hall–Kier alpha value is -1.20. The van der Waals surface area contributed by atoms with Gasteiger partial charge in [-0.3, -0.25) is 0 Å². The number of aliphatic imine (C=N–C) groups is 1. The maximum Gasteiger partial charge on any atom is 0.191 e. The van der Waals surface area contributed by atoms with Gasteiger partial charge < -0.3 is 19.9 Å². The first-order valence-corrected chi connectivity index (χ1v) is 10.2. The molecule has 0 saturated carbocycles. The molecule has 2 N–H and O–H groups in total. The van der Waals surface area contributed by atoms with Crippen molar-refractivity contribution in [2.45, 2.75) is 39.8 Å². The quantitative estimate of drug-likeness (QED) is 0.189. The predicted octanol–water partition coefficient (Wildman–Crippen LogP) is 3.38. The van der Waals surface area contributed by atoms with Gasteiger partial charge in [-0.05, 0) is 31.0 Å². The molecule has 9 heteroatoms. The van der Waals surface area contributed by atoms with Gasteiger partial charge in [-0.15, -0.1) is 34.2 Å². The summed E-state index contributed by atoms with van der Waals surface area (Å²) in [7, 11) is 0. The van der Waals surface area contributed by atoms with Gasteiger partial charge in [0.15, 0.2) is 5.96 Å². The molecule has 1 aromatic carbocycles. The Morgan fingerprint density at radius 1 is 1.18 bits per heavy atom. The topological polar surface area (TPSA) is 76.4 Å². The molecule has 2 rings (SSSR count). The number of hydrogen-bond acceptors (Lipinski definition) is 4. The molecular formula is C19H30BrIN6O. The standard InChI is InChI=1S/C19H29BrN6O.HI/c1-3-18-25-24-15-26(18)12-11-22-19(21-10-5-13-27-4-2)23-14-16-6-8-17(20)9-7-16;/h6-9,15H,3-5,10-14H2,1-2H3,(H2,21,22,23);1H. The van der Waals surface area contributed by atoms with Crippen molar-refractivity contribution in [1.82, 2.24) is 25.4 Å². The van der Waals surface area contributed by atoms with Crippen LogP contribution < -0.4 is 10.6 Å². The Morgan fingerprint density at radius 2 is 1.93 bits per heavy atom. The van der Waals surface area contributed by atoms with Gasteiger partial charge in [-0.1, -0.05) is 35.0 Å². The molecule has 0 spiro atoms. The number of aryl methyl sites for hydroxylation is 1. The van der Waals surface area contributed by atoms with Crippen molar-refractivity contribution in [2.75, 3.05) is 26.3 Å². The molecule has 0 unspecified atom stereocenters. The van der Waals surface area contributed by atoms with E-state index in [4.69, 9.17) is 9.73 Å². The summed E-state index contributed by atoms with van der Waals surface area (Å²) >= 11 is 3.46. The van der Waals surface area contributed by atoms with Crippen LogP contribution in [0, 0.1) is 0 Å². The van der Waals surface area contributed by atoms with E-state index in [1.165, 1.54) is 5.56 Å². The van der Waals surface area contributed by atoms with E-state index in [-0.39, 0.29) is 24.0 Å². The zero-order chi connectivity index (χ0) is 19.3. The highest BCUT2D eigenvalue weighted by Gasteiger charge is 2.03. The Labute approximate surface area is 192 Å². The molecule has 156 valence electrons. The van der Waals surface area contributed by atoms with Crippen LogP contribution in [0.1, 0.15) is 31.7 Å². The maximum atomic E-state index is 5.39. The summed E-state index contributed by atoms with van der Waals surface area (Å²) in [6.45, 7) is 8.59. The molecule has 0 saturated heterocycles. The largest absolute Gasteiger partial charge is 0.382 e. The Balaban J connectivity index is 0.00000392. The monoisotopic (exact) mass is 564 g/mol. The van der Waals surface area contributed by atoms with Crippen molar-refractivity contribution in [3.8, 4) is 0 Å². The van der Waals surface area contributed by atoms with E-state index in [1.54, 1.807) is 6.33 Å². The van der Waals surface area contributed by atoms with Crippen LogP contribution in [-0.4, -0.2) is 47.0 Å². The second-order valence-corrected chi connectivity index (χ2v) is 6.91. The lowest BCUT2D eigenvalue weighted by molar-refractivity contribution is 0.145. The van der Waals surface area contributed by atoms with E-state index in [1.807, 2.05) is 19.1 Å². The highest BCUT2D eigenvalue weighted by atomic mass is 127. The summed E-state index contributed by atoms with van der Waals surface area (Å²) in [5.41, 5.74) is 1.17. The number of guanidine groups is 1. The van der Waals surface area contributed by atoms with Gasteiger partial charge in [-0.25, -0.2) is 4.99 Å². The van der Waals surface area contributed by atoms with Gasteiger partial charge in [-0.2, -0.15) is 0 Å². The van der Waals surface area contributed by atoms with Crippen LogP contribution in [-0.2, 0) is 24.2 Å². The number of halogens is 2. The van der Waals surface area contributed by atoms with Crippen LogP contribution in [0.2, 0.25) is 0 Å². The zero-order valence-corrected chi connectivity index (χ0v) is 20.4. The molecule has 0 bridgehead atoms. The summed E-state index contributed by atoms with van der Waals surface area (Å²) in [5.74, 6) is 1.80. The zero-order valence-electron chi connectivity index (χ0n) is 16.5. The average molecular weight is 565 g/mol. The molecular weight excluding hydrogens is 535 g/mol. The van der Waals surface area contributed by atoms with E-state index in [2.05, 4.69) is 60.4 Å². The molecule has 0 aliphatic carbocycles. The lowest BCUT2D eigenvalue weighted by Crippen LogP contribution is -2.39. The van der Waals surface area contributed by atoms with E-state index in [9.17, 15) is 0 Å². The number of rotatable bonds is 11. The Kier molecular flexibility index (Phi) is 13.1. The van der Waals surface area contributed by atoms with Crippen LogP contribution in [0.4, 0.5) is 0 Å². The van der Waals surface area contributed by atoms with E-state index < -0.39 is 0 Å². The Bertz CT molecular complexity index is 692. The van der Waals surface area contributed by atoms with Gasteiger partial charge in [0.05, 0.1) is 6.54 Å². The third-order valence-electron chi connectivity index (χ3n) is 3.95. The molecule has 0 amide bonds. The van der Waals surface area contributed by atoms with Gasteiger partial charge >= 0.3 is 0 Å². The van der Waals surface area contributed by atoms with Gasteiger partial charge in [0.2, 0.25) is 0 Å². The minimum absolute atomic E-state index is 0. The fraction of sp³-hybridized carbons (Fsp3) is 0.526. The molecule has 0 fully saturated rings. The smallest absolute Gasteiger partial charge is 0.191 e. The summed E-state index contributed by atoms with van der Waals surface area (Å²) < 4.78 is 8.53. The number of ether oxygens (including phenoxy) is 1. The van der Waals surface area contributed by atoms with E-state index in [0.29, 0.717) is 6.54 Å². The predicted molar refractivity (Wildman–Crippen MR) is 127 cm³/mol. The Morgan fingerprint density at radius 3 is 2.64 bits per heavy atom. The van der Waals surface area contributed by atoms with Crippen molar-refractivity contribution >= 4 is 45.9 Å². The van der Waals surface area contributed by atoms with Gasteiger partial charge in [0.1, 0.15) is 12.2 Å². The molecule has 0 atom stereocenters. The summed E-state index contributed by atoms with van der Waals surface area (Å²) in [4.78, 5) is 4.70. The normalized spacial score (nSPS) is 11.2. The number of nitrogens with one attached hydrogen (secondary N) is 2. The molecule has 28 heavy (non-hydrogen) atoms. The van der Waals surface area contributed by atoms with Crippen LogP contribution in [0.5, 0.6) is 0 Å².